The molecule has 6 heteroatoms. The molecule has 120 valence electrons. The molecule has 3 heterocycles. The van der Waals surface area contributed by atoms with Crippen LogP contribution < -0.4 is 4.74 Å². The van der Waals surface area contributed by atoms with E-state index >= 15 is 0 Å². The number of pyridine rings is 1. The Labute approximate surface area is 135 Å². The zero-order valence-electron chi connectivity index (χ0n) is 13.1. The van der Waals surface area contributed by atoms with Gasteiger partial charge in [-0.1, -0.05) is 6.07 Å². The monoisotopic (exact) mass is 313 g/mol. The highest BCUT2D eigenvalue weighted by atomic mass is 16.5. The lowest BCUT2D eigenvalue weighted by Gasteiger charge is -2.39. The Kier molecular flexibility index (Phi) is 4.60. The van der Waals surface area contributed by atoms with Crippen LogP contribution in [0.2, 0.25) is 0 Å². The molecule has 23 heavy (non-hydrogen) atoms. The molecular formula is C17H19N3O3. The van der Waals surface area contributed by atoms with Crippen LogP contribution in [0.15, 0.2) is 41.1 Å². The van der Waals surface area contributed by atoms with E-state index in [2.05, 4.69) is 16.0 Å². The molecule has 1 aliphatic heterocycles. The van der Waals surface area contributed by atoms with Crippen molar-refractivity contribution in [2.45, 2.75) is 12.0 Å². The molecule has 6 nitrogen and oxygen atoms in total. The van der Waals surface area contributed by atoms with Crippen molar-refractivity contribution in [1.29, 1.82) is 5.26 Å². The lowest BCUT2D eigenvalue weighted by Crippen LogP contribution is -2.51. The molecule has 1 unspecified atom stereocenters. The second kappa shape index (κ2) is 6.82. The number of furan rings is 1. The molecule has 3 rings (SSSR count). The molecule has 0 saturated carbocycles. The number of hydrogen-bond acceptors (Lipinski definition) is 6. The van der Waals surface area contributed by atoms with Crippen molar-refractivity contribution in [3.05, 3.63) is 48.0 Å². The number of morpholine rings is 1. The van der Waals surface area contributed by atoms with E-state index in [1.54, 1.807) is 25.6 Å². The standard InChI is InChI=1S/C17H19N3O3/c1-21-16-5-4-14(12-19-16)11-17(13-18,15-3-2-8-23-15)20-6-9-22-10-7-20/h2-5,8,12H,6-7,9-11H2,1H3. The van der Waals surface area contributed by atoms with Gasteiger partial charge in [-0.25, -0.2) is 4.98 Å². The molecule has 0 spiro atoms. The van der Waals surface area contributed by atoms with Crippen LogP contribution in [-0.4, -0.2) is 43.3 Å². The molecule has 2 aromatic rings. The summed E-state index contributed by atoms with van der Waals surface area (Å²) in [6, 6.07) is 9.89. The Morgan fingerprint density at radius 2 is 2.17 bits per heavy atom. The van der Waals surface area contributed by atoms with Crippen LogP contribution in [0.1, 0.15) is 11.3 Å². The molecule has 0 bridgehead atoms. The number of ether oxygens (including phenoxy) is 2. The minimum Gasteiger partial charge on any atom is -0.481 e. The zero-order valence-corrected chi connectivity index (χ0v) is 13.1. The van der Waals surface area contributed by atoms with Gasteiger partial charge in [0.25, 0.3) is 0 Å². The van der Waals surface area contributed by atoms with E-state index < -0.39 is 5.54 Å². The highest BCUT2D eigenvalue weighted by molar-refractivity contribution is 5.30. The SMILES string of the molecule is COc1ccc(CC(C#N)(c2ccco2)N2CCOCC2)cn1. The normalized spacial score (nSPS) is 18.1. The first-order valence-corrected chi connectivity index (χ1v) is 7.55. The summed E-state index contributed by atoms with van der Waals surface area (Å²) >= 11 is 0. The maximum Gasteiger partial charge on any atom is 0.212 e. The first-order chi connectivity index (χ1) is 11.3. The topological polar surface area (TPSA) is 71.5 Å². The maximum absolute atomic E-state index is 10.0. The second-order valence-corrected chi connectivity index (χ2v) is 5.43. The van der Waals surface area contributed by atoms with Crippen LogP contribution in [0, 0.1) is 11.3 Å². The number of nitriles is 1. The summed E-state index contributed by atoms with van der Waals surface area (Å²) in [5.41, 5.74) is 0.0963. The molecule has 0 amide bonds. The van der Waals surface area contributed by atoms with Crippen molar-refractivity contribution in [2.75, 3.05) is 33.4 Å². The van der Waals surface area contributed by atoms with E-state index in [-0.39, 0.29) is 0 Å². The van der Waals surface area contributed by atoms with Gasteiger partial charge in [-0.2, -0.15) is 5.26 Å². The molecule has 1 atom stereocenters. The fraction of sp³-hybridized carbons (Fsp3) is 0.412. The Balaban J connectivity index is 1.95. The number of nitrogens with zero attached hydrogens (tertiary/aromatic N) is 3. The molecule has 1 aliphatic rings. The first kappa shape index (κ1) is 15.5. The molecule has 0 aliphatic carbocycles. The fourth-order valence-electron chi connectivity index (χ4n) is 2.91. The van der Waals surface area contributed by atoms with Gasteiger partial charge in [-0.3, -0.25) is 4.90 Å². The van der Waals surface area contributed by atoms with Gasteiger partial charge >= 0.3 is 0 Å². The minimum absolute atomic E-state index is 0.494. The lowest BCUT2D eigenvalue weighted by molar-refractivity contribution is -0.0116. The summed E-state index contributed by atoms with van der Waals surface area (Å²) in [4.78, 5) is 6.36. The zero-order chi connectivity index (χ0) is 16.1. The summed E-state index contributed by atoms with van der Waals surface area (Å²) < 4.78 is 16.1. The van der Waals surface area contributed by atoms with Gasteiger partial charge in [0.15, 0.2) is 5.54 Å². The summed E-state index contributed by atoms with van der Waals surface area (Å²) in [5, 5.41) is 10.0. The van der Waals surface area contributed by atoms with Crippen LogP contribution in [-0.2, 0) is 16.7 Å². The van der Waals surface area contributed by atoms with Crippen LogP contribution in [0.5, 0.6) is 5.88 Å². The lowest BCUT2D eigenvalue weighted by atomic mass is 9.88. The van der Waals surface area contributed by atoms with Gasteiger partial charge in [-0.05, 0) is 17.7 Å². The number of methoxy groups -OCH3 is 1. The molecular weight excluding hydrogens is 294 g/mol. The van der Waals surface area contributed by atoms with E-state index in [9.17, 15) is 5.26 Å². The average molecular weight is 313 g/mol. The van der Waals surface area contributed by atoms with Crippen LogP contribution in [0.4, 0.5) is 0 Å². The molecule has 0 aromatic carbocycles. The van der Waals surface area contributed by atoms with Crippen molar-refractivity contribution >= 4 is 0 Å². The third-order valence-corrected chi connectivity index (χ3v) is 4.13. The van der Waals surface area contributed by atoms with Gasteiger partial charge in [0.2, 0.25) is 5.88 Å². The van der Waals surface area contributed by atoms with Crippen LogP contribution in [0.25, 0.3) is 0 Å². The quantitative estimate of drug-likeness (QED) is 0.840. The third-order valence-electron chi connectivity index (χ3n) is 4.13. The van der Waals surface area contributed by atoms with Crippen molar-refractivity contribution in [2.24, 2.45) is 0 Å². The number of rotatable bonds is 5. The van der Waals surface area contributed by atoms with E-state index in [0.717, 1.165) is 5.56 Å². The summed E-state index contributed by atoms with van der Waals surface area (Å²) in [7, 11) is 1.58. The van der Waals surface area contributed by atoms with Gasteiger partial charge in [0.05, 0.1) is 32.7 Å². The first-order valence-electron chi connectivity index (χ1n) is 7.55. The number of aromatic nitrogens is 1. The highest BCUT2D eigenvalue weighted by Crippen LogP contribution is 2.33. The average Bonchev–Trinajstić information content (AvgIpc) is 3.16. The summed E-state index contributed by atoms with van der Waals surface area (Å²) in [6.45, 7) is 2.62. The van der Waals surface area contributed by atoms with Gasteiger partial charge in [0, 0.05) is 31.8 Å². The second-order valence-electron chi connectivity index (χ2n) is 5.43. The Morgan fingerprint density at radius 1 is 1.35 bits per heavy atom. The maximum atomic E-state index is 10.0. The van der Waals surface area contributed by atoms with E-state index in [1.807, 2.05) is 18.2 Å². The Hall–Kier alpha value is -2.36. The smallest absolute Gasteiger partial charge is 0.212 e. The van der Waals surface area contributed by atoms with Crippen molar-refractivity contribution in [1.82, 2.24) is 9.88 Å². The van der Waals surface area contributed by atoms with Crippen LogP contribution in [0.3, 0.4) is 0 Å². The van der Waals surface area contributed by atoms with Gasteiger partial charge in [0.1, 0.15) is 5.76 Å². The number of hydrogen-bond donors (Lipinski definition) is 0. The Morgan fingerprint density at radius 3 is 2.74 bits per heavy atom. The van der Waals surface area contributed by atoms with E-state index in [0.29, 0.717) is 44.4 Å². The molecule has 0 radical (unpaired) electrons. The third kappa shape index (κ3) is 3.07. The molecule has 2 aromatic heterocycles. The molecule has 0 N–H and O–H groups in total. The molecule has 1 saturated heterocycles. The summed E-state index contributed by atoms with van der Waals surface area (Å²) in [5.74, 6) is 1.21. The predicted octanol–water partition coefficient (Wildman–Crippen LogP) is 1.98. The largest absolute Gasteiger partial charge is 0.481 e. The molecule has 1 fully saturated rings. The van der Waals surface area contributed by atoms with Gasteiger partial charge in [-0.15, -0.1) is 0 Å². The Bertz CT molecular complexity index is 657. The predicted molar refractivity (Wildman–Crippen MR) is 82.9 cm³/mol. The van der Waals surface area contributed by atoms with Crippen molar-refractivity contribution < 1.29 is 13.9 Å². The van der Waals surface area contributed by atoms with E-state index in [1.165, 1.54) is 0 Å². The minimum atomic E-state index is -0.858. The summed E-state index contributed by atoms with van der Waals surface area (Å²) in [6.07, 6.45) is 3.84. The van der Waals surface area contributed by atoms with Gasteiger partial charge < -0.3 is 13.9 Å². The fourth-order valence-corrected chi connectivity index (χ4v) is 2.91. The van der Waals surface area contributed by atoms with E-state index in [4.69, 9.17) is 13.9 Å². The highest BCUT2D eigenvalue weighted by Gasteiger charge is 2.42. The van der Waals surface area contributed by atoms with Crippen molar-refractivity contribution in [3.63, 3.8) is 0 Å². The van der Waals surface area contributed by atoms with Crippen LogP contribution >= 0.6 is 0 Å². The van der Waals surface area contributed by atoms with Crippen molar-refractivity contribution in [3.8, 4) is 11.9 Å².